The summed E-state index contributed by atoms with van der Waals surface area (Å²) in [7, 11) is 1.49. The molecule has 0 bridgehead atoms. The number of nitrogens with zero attached hydrogens (tertiary/aromatic N) is 3. The summed E-state index contributed by atoms with van der Waals surface area (Å²) < 4.78 is 5.20. The molecule has 0 fully saturated rings. The van der Waals surface area contributed by atoms with Crippen molar-refractivity contribution >= 4 is 16.9 Å². The van der Waals surface area contributed by atoms with E-state index < -0.39 is 0 Å². The SMILES string of the molecule is CCN(CC)CCNC(=O)c1nc2ccccc2nc1OC. The van der Waals surface area contributed by atoms with Crippen LogP contribution in [0, 0.1) is 0 Å². The van der Waals surface area contributed by atoms with Crippen LogP contribution in [0.4, 0.5) is 0 Å². The maximum atomic E-state index is 12.3. The lowest BCUT2D eigenvalue weighted by Crippen LogP contribution is -2.35. The highest BCUT2D eigenvalue weighted by atomic mass is 16.5. The van der Waals surface area contributed by atoms with E-state index in [0.717, 1.165) is 19.6 Å². The van der Waals surface area contributed by atoms with Crippen LogP contribution in [0.5, 0.6) is 5.88 Å². The highest BCUT2D eigenvalue weighted by Gasteiger charge is 2.17. The lowest BCUT2D eigenvalue weighted by molar-refractivity contribution is 0.0940. The summed E-state index contributed by atoms with van der Waals surface area (Å²) in [5.41, 5.74) is 1.61. The Balaban J connectivity index is 2.13. The normalized spacial score (nSPS) is 10.9. The van der Waals surface area contributed by atoms with Crippen molar-refractivity contribution in [1.82, 2.24) is 20.2 Å². The zero-order valence-electron chi connectivity index (χ0n) is 13.3. The Labute approximate surface area is 130 Å². The van der Waals surface area contributed by atoms with Gasteiger partial charge in [-0.1, -0.05) is 26.0 Å². The monoisotopic (exact) mass is 302 g/mol. The van der Waals surface area contributed by atoms with Crippen molar-refractivity contribution in [2.45, 2.75) is 13.8 Å². The number of aromatic nitrogens is 2. The molecule has 0 aliphatic heterocycles. The first-order chi connectivity index (χ1) is 10.7. The second-order valence-electron chi connectivity index (χ2n) is 4.85. The molecular weight excluding hydrogens is 280 g/mol. The minimum atomic E-state index is -0.262. The molecule has 2 rings (SSSR count). The van der Waals surface area contributed by atoms with Crippen LogP contribution < -0.4 is 10.1 Å². The van der Waals surface area contributed by atoms with Crippen LogP contribution in [-0.4, -0.2) is 54.1 Å². The second kappa shape index (κ2) is 7.70. The van der Waals surface area contributed by atoms with Gasteiger partial charge in [0.1, 0.15) is 0 Å². The van der Waals surface area contributed by atoms with E-state index in [-0.39, 0.29) is 17.5 Å². The predicted octanol–water partition coefficient (Wildman–Crippen LogP) is 1.71. The van der Waals surface area contributed by atoms with Crippen LogP contribution in [0.15, 0.2) is 24.3 Å². The van der Waals surface area contributed by atoms with Crippen molar-refractivity contribution in [2.75, 3.05) is 33.3 Å². The molecule has 0 unspecified atom stereocenters. The van der Waals surface area contributed by atoms with Gasteiger partial charge in [0.25, 0.3) is 5.91 Å². The fourth-order valence-corrected chi connectivity index (χ4v) is 2.23. The maximum absolute atomic E-state index is 12.3. The molecule has 6 heteroatoms. The quantitative estimate of drug-likeness (QED) is 0.843. The number of para-hydroxylation sites is 2. The lowest BCUT2D eigenvalue weighted by Gasteiger charge is -2.18. The Hall–Kier alpha value is -2.21. The summed E-state index contributed by atoms with van der Waals surface area (Å²) in [5, 5.41) is 2.87. The standard InChI is InChI=1S/C16H22N4O2/c1-4-20(5-2)11-10-17-15(21)14-16(22-3)19-13-9-7-6-8-12(13)18-14/h6-9H,4-5,10-11H2,1-3H3,(H,17,21). The number of fused-ring (bicyclic) bond motifs is 1. The van der Waals surface area contributed by atoms with Crippen LogP contribution in [0.2, 0.25) is 0 Å². The molecule has 0 atom stereocenters. The van der Waals surface area contributed by atoms with Crippen LogP contribution >= 0.6 is 0 Å². The summed E-state index contributed by atoms with van der Waals surface area (Å²) in [4.78, 5) is 23.3. The van der Waals surface area contributed by atoms with E-state index >= 15 is 0 Å². The van der Waals surface area contributed by atoms with Gasteiger partial charge >= 0.3 is 0 Å². The van der Waals surface area contributed by atoms with Gasteiger partial charge in [0.05, 0.1) is 18.1 Å². The third-order valence-electron chi connectivity index (χ3n) is 3.56. The van der Waals surface area contributed by atoms with E-state index in [0.29, 0.717) is 17.6 Å². The van der Waals surface area contributed by atoms with Crippen LogP contribution in [0.1, 0.15) is 24.3 Å². The zero-order chi connectivity index (χ0) is 15.9. The van der Waals surface area contributed by atoms with Crippen molar-refractivity contribution < 1.29 is 9.53 Å². The number of hydrogen-bond donors (Lipinski definition) is 1. The van der Waals surface area contributed by atoms with Crippen LogP contribution in [0.25, 0.3) is 11.0 Å². The minimum Gasteiger partial charge on any atom is -0.479 e. The first kappa shape index (κ1) is 16.2. The maximum Gasteiger partial charge on any atom is 0.275 e. The number of benzene rings is 1. The number of carbonyl (C=O) groups is 1. The molecule has 0 saturated carbocycles. The number of carbonyl (C=O) groups excluding carboxylic acids is 1. The van der Waals surface area contributed by atoms with Crippen molar-refractivity contribution in [2.24, 2.45) is 0 Å². The van der Waals surface area contributed by atoms with Crippen LogP contribution in [-0.2, 0) is 0 Å². The van der Waals surface area contributed by atoms with E-state index in [2.05, 4.69) is 34.0 Å². The molecule has 22 heavy (non-hydrogen) atoms. The molecule has 1 amide bonds. The van der Waals surface area contributed by atoms with Crippen LogP contribution in [0.3, 0.4) is 0 Å². The number of methoxy groups -OCH3 is 1. The lowest BCUT2D eigenvalue weighted by atomic mass is 10.3. The fraction of sp³-hybridized carbons (Fsp3) is 0.438. The van der Waals surface area contributed by atoms with Crippen molar-refractivity contribution in [3.63, 3.8) is 0 Å². The van der Waals surface area contributed by atoms with Gasteiger partial charge < -0.3 is 15.0 Å². The molecule has 2 aromatic rings. The Morgan fingerprint density at radius 1 is 1.18 bits per heavy atom. The van der Waals surface area contributed by atoms with Crippen molar-refractivity contribution in [1.29, 1.82) is 0 Å². The number of likely N-dealkylation sites (N-methyl/N-ethyl adjacent to an activating group) is 1. The zero-order valence-corrected chi connectivity index (χ0v) is 13.3. The predicted molar refractivity (Wildman–Crippen MR) is 86.2 cm³/mol. The van der Waals surface area contributed by atoms with Gasteiger partial charge in [-0.3, -0.25) is 4.79 Å². The smallest absolute Gasteiger partial charge is 0.275 e. The van der Waals surface area contributed by atoms with Gasteiger partial charge in [0.15, 0.2) is 5.69 Å². The summed E-state index contributed by atoms with van der Waals surface area (Å²) in [6.45, 7) is 7.50. The summed E-state index contributed by atoms with van der Waals surface area (Å²) in [5.74, 6) is -0.0127. The Kier molecular flexibility index (Phi) is 5.66. The topological polar surface area (TPSA) is 67.4 Å². The largest absolute Gasteiger partial charge is 0.479 e. The molecule has 0 spiro atoms. The Morgan fingerprint density at radius 3 is 2.41 bits per heavy atom. The Bertz CT molecular complexity index is 641. The van der Waals surface area contributed by atoms with Gasteiger partial charge in [-0.25, -0.2) is 9.97 Å². The van der Waals surface area contributed by atoms with Crippen molar-refractivity contribution in [3.8, 4) is 5.88 Å². The average Bonchev–Trinajstić information content (AvgIpc) is 2.57. The molecule has 1 heterocycles. The van der Waals surface area contributed by atoms with E-state index in [1.165, 1.54) is 7.11 Å². The molecule has 0 saturated heterocycles. The number of rotatable bonds is 7. The molecule has 0 aliphatic rings. The van der Waals surface area contributed by atoms with Gasteiger partial charge in [0.2, 0.25) is 5.88 Å². The number of hydrogen-bond acceptors (Lipinski definition) is 5. The highest BCUT2D eigenvalue weighted by Crippen LogP contribution is 2.18. The first-order valence-electron chi connectivity index (χ1n) is 7.50. The van der Waals surface area contributed by atoms with Gasteiger partial charge in [0, 0.05) is 13.1 Å². The summed E-state index contributed by atoms with van der Waals surface area (Å²) in [6, 6.07) is 7.41. The van der Waals surface area contributed by atoms with Gasteiger partial charge in [-0.2, -0.15) is 0 Å². The highest BCUT2D eigenvalue weighted by molar-refractivity contribution is 5.96. The first-order valence-corrected chi connectivity index (χ1v) is 7.50. The van der Waals surface area contributed by atoms with E-state index in [1.54, 1.807) is 0 Å². The molecule has 6 nitrogen and oxygen atoms in total. The third-order valence-corrected chi connectivity index (χ3v) is 3.56. The molecule has 118 valence electrons. The van der Waals surface area contributed by atoms with Gasteiger partial charge in [-0.15, -0.1) is 0 Å². The molecule has 0 radical (unpaired) electrons. The number of nitrogens with one attached hydrogen (secondary N) is 1. The molecule has 1 aromatic carbocycles. The summed E-state index contributed by atoms with van der Waals surface area (Å²) in [6.07, 6.45) is 0. The average molecular weight is 302 g/mol. The number of amides is 1. The Morgan fingerprint density at radius 2 is 1.82 bits per heavy atom. The number of ether oxygens (including phenoxy) is 1. The van der Waals surface area contributed by atoms with E-state index in [9.17, 15) is 4.79 Å². The fourth-order valence-electron chi connectivity index (χ4n) is 2.23. The molecule has 0 aliphatic carbocycles. The second-order valence-corrected chi connectivity index (χ2v) is 4.85. The van der Waals surface area contributed by atoms with Crippen molar-refractivity contribution in [3.05, 3.63) is 30.0 Å². The van der Waals surface area contributed by atoms with Gasteiger partial charge in [-0.05, 0) is 25.2 Å². The molecule has 1 aromatic heterocycles. The minimum absolute atomic E-state index is 0.223. The molecule has 1 N–H and O–H groups in total. The van der Waals surface area contributed by atoms with E-state index in [4.69, 9.17) is 4.74 Å². The third kappa shape index (κ3) is 3.71. The van der Waals surface area contributed by atoms with E-state index in [1.807, 2.05) is 24.3 Å². The molecular formula is C16H22N4O2. The summed E-state index contributed by atoms with van der Waals surface area (Å²) >= 11 is 0.